The van der Waals surface area contributed by atoms with Gasteiger partial charge in [0.05, 0.1) is 12.7 Å². The zero-order chi connectivity index (χ0) is 9.03. The van der Waals surface area contributed by atoms with Gasteiger partial charge in [0, 0.05) is 19.6 Å². The van der Waals surface area contributed by atoms with E-state index in [1.807, 2.05) is 0 Å². The molecule has 0 aromatic carbocycles. The number of hydrogen-bond acceptors (Lipinski definition) is 4. The Balaban J connectivity index is 2.22. The van der Waals surface area contributed by atoms with Gasteiger partial charge >= 0.3 is 0 Å². The highest BCUT2D eigenvalue weighted by Crippen LogP contribution is 1.93. The number of nitrogens with two attached hydrogens (primary N) is 1. The van der Waals surface area contributed by atoms with Crippen LogP contribution in [-0.2, 0) is 14.9 Å². The summed E-state index contributed by atoms with van der Waals surface area (Å²) < 4.78 is 28.3. The van der Waals surface area contributed by atoms with Crippen molar-refractivity contribution in [1.29, 1.82) is 0 Å². The Morgan fingerprint density at radius 2 is 2.42 bits per heavy atom. The lowest BCUT2D eigenvalue weighted by atomic mass is 10.3. The maximum atomic E-state index is 10.5. The first-order chi connectivity index (χ1) is 5.58. The van der Waals surface area contributed by atoms with E-state index in [-0.39, 0.29) is 12.6 Å². The Hall–Kier alpha value is -0.210. The van der Waals surface area contributed by atoms with E-state index in [4.69, 9.17) is 9.88 Å². The van der Waals surface area contributed by atoms with Gasteiger partial charge in [0.2, 0.25) is 0 Å². The lowest BCUT2D eigenvalue weighted by Crippen LogP contribution is -2.46. The largest absolute Gasteiger partial charge is 0.374 e. The van der Waals surface area contributed by atoms with Crippen molar-refractivity contribution in [2.24, 2.45) is 5.14 Å². The third-order valence-electron chi connectivity index (χ3n) is 1.52. The molecule has 1 unspecified atom stereocenters. The van der Waals surface area contributed by atoms with Gasteiger partial charge in [-0.1, -0.05) is 0 Å². The van der Waals surface area contributed by atoms with Crippen molar-refractivity contribution in [1.82, 2.24) is 10.0 Å². The van der Waals surface area contributed by atoms with Crippen LogP contribution in [0.1, 0.15) is 0 Å². The molecule has 0 amide bonds. The van der Waals surface area contributed by atoms with Crippen LogP contribution in [0.15, 0.2) is 0 Å². The van der Waals surface area contributed by atoms with Gasteiger partial charge in [-0.05, 0) is 0 Å². The molecule has 72 valence electrons. The van der Waals surface area contributed by atoms with E-state index in [0.717, 1.165) is 6.54 Å². The SMILES string of the molecule is NS(=O)(=O)NCC1CNCCO1. The molecule has 1 atom stereocenters. The number of morpholine rings is 1. The molecule has 0 saturated carbocycles. The summed E-state index contributed by atoms with van der Waals surface area (Å²) in [5.74, 6) is 0. The van der Waals surface area contributed by atoms with Crippen LogP contribution in [-0.4, -0.2) is 40.8 Å². The Labute approximate surface area is 71.6 Å². The molecule has 1 fully saturated rings. The molecule has 1 rings (SSSR count). The number of ether oxygens (including phenoxy) is 1. The van der Waals surface area contributed by atoms with Crippen LogP contribution in [0, 0.1) is 0 Å². The molecule has 1 heterocycles. The van der Waals surface area contributed by atoms with Crippen molar-refractivity contribution in [2.75, 3.05) is 26.2 Å². The van der Waals surface area contributed by atoms with Crippen LogP contribution in [0.2, 0.25) is 0 Å². The Morgan fingerprint density at radius 1 is 1.67 bits per heavy atom. The first-order valence-electron chi connectivity index (χ1n) is 3.67. The smallest absolute Gasteiger partial charge is 0.274 e. The quantitative estimate of drug-likeness (QED) is 0.475. The Bertz CT molecular complexity index is 222. The summed E-state index contributed by atoms with van der Waals surface area (Å²) in [5, 5.41) is 7.81. The van der Waals surface area contributed by atoms with Gasteiger partial charge in [0.15, 0.2) is 0 Å². The molecule has 7 heteroatoms. The van der Waals surface area contributed by atoms with Crippen LogP contribution < -0.4 is 15.2 Å². The van der Waals surface area contributed by atoms with E-state index in [0.29, 0.717) is 13.2 Å². The Morgan fingerprint density at radius 3 is 2.92 bits per heavy atom. The zero-order valence-corrected chi connectivity index (χ0v) is 7.43. The second-order valence-corrected chi connectivity index (χ2v) is 3.97. The Kier molecular flexibility index (Phi) is 3.41. The van der Waals surface area contributed by atoms with Crippen molar-refractivity contribution in [3.8, 4) is 0 Å². The monoisotopic (exact) mass is 195 g/mol. The first kappa shape index (κ1) is 9.87. The second-order valence-electron chi connectivity index (χ2n) is 2.59. The van der Waals surface area contributed by atoms with Crippen LogP contribution in [0.4, 0.5) is 0 Å². The minimum Gasteiger partial charge on any atom is -0.374 e. The van der Waals surface area contributed by atoms with Crippen molar-refractivity contribution in [3.05, 3.63) is 0 Å². The summed E-state index contributed by atoms with van der Waals surface area (Å²) in [6.07, 6.45) is -0.114. The highest BCUT2D eigenvalue weighted by atomic mass is 32.2. The summed E-state index contributed by atoms with van der Waals surface area (Å²) in [5.41, 5.74) is 0. The fourth-order valence-electron chi connectivity index (χ4n) is 0.960. The highest BCUT2D eigenvalue weighted by Gasteiger charge is 2.14. The van der Waals surface area contributed by atoms with Gasteiger partial charge in [-0.2, -0.15) is 13.1 Å². The zero-order valence-electron chi connectivity index (χ0n) is 6.62. The minimum absolute atomic E-state index is 0.114. The van der Waals surface area contributed by atoms with Gasteiger partial charge in [0.25, 0.3) is 10.2 Å². The fraction of sp³-hybridized carbons (Fsp3) is 1.00. The van der Waals surface area contributed by atoms with E-state index in [1.54, 1.807) is 0 Å². The highest BCUT2D eigenvalue weighted by molar-refractivity contribution is 7.87. The van der Waals surface area contributed by atoms with Crippen LogP contribution in [0.5, 0.6) is 0 Å². The van der Waals surface area contributed by atoms with Crippen molar-refractivity contribution >= 4 is 10.2 Å². The van der Waals surface area contributed by atoms with E-state index >= 15 is 0 Å². The molecule has 0 bridgehead atoms. The molecule has 0 aromatic rings. The standard InChI is InChI=1S/C5H13N3O3S/c6-12(9,10)8-4-5-3-7-1-2-11-5/h5,7-8H,1-4H2,(H2,6,9,10). The molecule has 1 aliphatic rings. The lowest BCUT2D eigenvalue weighted by molar-refractivity contribution is 0.0324. The summed E-state index contributed by atoms with van der Waals surface area (Å²) >= 11 is 0. The molecule has 4 N–H and O–H groups in total. The number of rotatable bonds is 3. The van der Waals surface area contributed by atoms with Gasteiger partial charge in [-0.25, -0.2) is 5.14 Å². The molecule has 0 aromatic heterocycles. The van der Waals surface area contributed by atoms with E-state index in [9.17, 15) is 8.42 Å². The topological polar surface area (TPSA) is 93.5 Å². The van der Waals surface area contributed by atoms with Crippen molar-refractivity contribution in [2.45, 2.75) is 6.10 Å². The van der Waals surface area contributed by atoms with Crippen molar-refractivity contribution < 1.29 is 13.2 Å². The van der Waals surface area contributed by atoms with Gasteiger partial charge < -0.3 is 10.1 Å². The molecule has 0 aliphatic carbocycles. The molecular weight excluding hydrogens is 182 g/mol. The second kappa shape index (κ2) is 4.15. The van der Waals surface area contributed by atoms with E-state index in [2.05, 4.69) is 10.0 Å². The van der Waals surface area contributed by atoms with Gasteiger partial charge in [-0.3, -0.25) is 0 Å². The maximum absolute atomic E-state index is 10.5. The van der Waals surface area contributed by atoms with Gasteiger partial charge in [-0.15, -0.1) is 0 Å². The van der Waals surface area contributed by atoms with Crippen LogP contribution in [0.25, 0.3) is 0 Å². The van der Waals surface area contributed by atoms with Gasteiger partial charge in [0.1, 0.15) is 0 Å². The lowest BCUT2D eigenvalue weighted by Gasteiger charge is -2.23. The maximum Gasteiger partial charge on any atom is 0.274 e. The molecule has 6 nitrogen and oxygen atoms in total. The summed E-state index contributed by atoms with van der Waals surface area (Å²) in [6, 6.07) is 0. The number of hydrogen-bond donors (Lipinski definition) is 3. The summed E-state index contributed by atoms with van der Waals surface area (Å²) in [7, 11) is -3.58. The molecule has 1 aliphatic heterocycles. The third kappa shape index (κ3) is 3.98. The van der Waals surface area contributed by atoms with Crippen LogP contribution in [0.3, 0.4) is 0 Å². The van der Waals surface area contributed by atoms with Crippen LogP contribution >= 0.6 is 0 Å². The predicted molar refractivity (Wildman–Crippen MR) is 43.7 cm³/mol. The predicted octanol–water partition coefficient (Wildman–Crippen LogP) is -2.23. The van der Waals surface area contributed by atoms with E-state index < -0.39 is 10.2 Å². The molecule has 0 spiro atoms. The average Bonchev–Trinajstić information content (AvgIpc) is 2.02. The minimum atomic E-state index is -3.58. The normalized spacial score (nSPS) is 25.6. The average molecular weight is 195 g/mol. The molecular formula is C5H13N3O3S. The van der Waals surface area contributed by atoms with E-state index in [1.165, 1.54) is 0 Å². The fourth-order valence-corrected chi connectivity index (χ4v) is 1.38. The molecule has 12 heavy (non-hydrogen) atoms. The van der Waals surface area contributed by atoms with Crippen molar-refractivity contribution in [3.63, 3.8) is 0 Å². The molecule has 1 saturated heterocycles. The summed E-state index contributed by atoms with van der Waals surface area (Å²) in [6.45, 7) is 2.30. The number of nitrogens with one attached hydrogen (secondary N) is 2. The molecule has 0 radical (unpaired) electrons. The third-order valence-corrected chi connectivity index (χ3v) is 2.09. The first-order valence-corrected chi connectivity index (χ1v) is 5.22. The summed E-state index contributed by atoms with van der Waals surface area (Å²) in [4.78, 5) is 0.